The van der Waals surface area contributed by atoms with Crippen LogP contribution in [0.2, 0.25) is 5.02 Å². The summed E-state index contributed by atoms with van der Waals surface area (Å²) in [6, 6.07) is 1.73. The number of amides is 1. The molecule has 2 N–H and O–H groups in total. The van der Waals surface area contributed by atoms with Crippen molar-refractivity contribution < 1.29 is 4.79 Å². The van der Waals surface area contributed by atoms with Gasteiger partial charge in [-0.2, -0.15) is 0 Å². The molecule has 3 rings (SSSR count). The van der Waals surface area contributed by atoms with Gasteiger partial charge in [-0.25, -0.2) is 4.98 Å². The molecule has 0 saturated heterocycles. The van der Waals surface area contributed by atoms with Crippen molar-refractivity contribution in [2.45, 2.75) is 26.2 Å². The van der Waals surface area contributed by atoms with Crippen LogP contribution < -0.4 is 5.32 Å². The van der Waals surface area contributed by atoms with Gasteiger partial charge in [0.1, 0.15) is 0 Å². The van der Waals surface area contributed by atoms with E-state index in [0.717, 1.165) is 29.9 Å². The summed E-state index contributed by atoms with van der Waals surface area (Å²) in [5, 5.41) is 3.44. The van der Waals surface area contributed by atoms with Crippen molar-refractivity contribution in [3.05, 3.63) is 40.7 Å². The molecule has 1 aliphatic rings. The van der Waals surface area contributed by atoms with Gasteiger partial charge in [0.2, 0.25) is 5.91 Å². The highest BCUT2D eigenvalue weighted by Gasteiger charge is 2.26. The number of nitrogens with zero attached hydrogens (tertiary/aromatic N) is 2. The normalized spacial score (nSPS) is 17.6. The lowest BCUT2D eigenvalue weighted by molar-refractivity contribution is -0.120. The Morgan fingerprint density at radius 3 is 3.15 bits per heavy atom. The fourth-order valence-corrected chi connectivity index (χ4v) is 2.61. The van der Waals surface area contributed by atoms with Crippen LogP contribution in [0.5, 0.6) is 0 Å². The van der Waals surface area contributed by atoms with Crippen LogP contribution in [-0.2, 0) is 17.6 Å². The summed E-state index contributed by atoms with van der Waals surface area (Å²) < 4.78 is 0. The van der Waals surface area contributed by atoms with Gasteiger partial charge in [-0.1, -0.05) is 11.6 Å². The average molecular weight is 291 g/mol. The number of pyridine rings is 1. The molecule has 0 spiro atoms. The zero-order valence-electron chi connectivity index (χ0n) is 11.1. The summed E-state index contributed by atoms with van der Waals surface area (Å²) >= 11 is 6.01. The fourth-order valence-electron chi connectivity index (χ4n) is 2.44. The minimum atomic E-state index is -0.0389. The largest absolute Gasteiger partial charge is 0.348 e. The summed E-state index contributed by atoms with van der Waals surface area (Å²) in [5.74, 6) is -0.0324. The third kappa shape index (κ3) is 2.54. The van der Waals surface area contributed by atoms with Crippen LogP contribution >= 0.6 is 11.6 Å². The number of carbonyl (C=O) groups is 1. The van der Waals surface area contributed by atoms with Crippen molar-refractivity contribution in [1.29, 1.82) is 0 Å². The summed E-state index contributed by atoms with van der Waals surface area (Å²) in [4.78, 5) is 23.8. The first-order valence-electron chi connectivity index (χ1n) is 6.57. The summed E-state index contributed by atoms with van der Waals surface area (Å²) in [5.41, 5.74) is 3.54. The minimum Gasteiger partial charge on any atom is -0.348 e. The van der Waals surface area contributed by atoms with Crippen molar-refractivity contribution in [3.63, 3.8) is 0 Å². The molecule has 1 atom stereocenters. The van der Waals surface area contributed by atoms with Crippen molar-refractivity contribution in [1.82, 2.24) is 15.0 Å². The van der Waals surface area contributed by atoms with E-state index < -0.39 is 0 Å². The third-order valence-corrected chi connectivity index (χ3v) is 4.03. The Kier molecular flexibility index (Phi) is 3.44. The van der Waals surface area contributed by atoms with Gasteiger partial charge in [-0.3, -0.25) is 9.78 Å². The van der Waals surface area contributed by atoms with Gasteiger partial charge < -0.3 is 10.3 Å². The Morgan fingerprint density at radius 2 is 2.35 bits per heavy atom. The number of nitrogens with one attached hydrogen (secondary N) is 2. The van der Waals surface area contributed by atoms with E-state index in [2.05, 4.69) is 20.3 Å². The molecule has 6 heteroatoms. The molecular weight excluding hydrogens is 276 g/mol. The van der Waals surface area contributed by atoms with E-state index in [1.54, 1.807) is 18.6 Å². The first-order chi connectivity index (χ1) is 9.63. The van der Waals surface area contributed by atoms with Gasteiger partial charge >= 0.3 is 0 Å². The Balaban J connectivity index is 1.69. The molecule has 0 radical (unpaired) electrons. The molecule has 1 aliphatic carbocycles. The molecule has 0 aliphatic heterocycles. The summed E-state index contributed by atoms with van der Waals surface area (Å²) in [6.45, 7) is 1.83. The second-order valence-corrected chi connectivity index (χ2v) is 5.46. The number of aromatic nitrogens is 3. The molecule has 0 aromatic carbocycles. The lowest BCUT2D eigenvalue weighted by Gasteiger charge is -2.20. The van der Waals surface area contributed by atoms with Gasteiger partial charge in [0.15, 0.2) is 0 Å². The van der Waals surface area contributed by atoms with E-state index >= 15 is 0 Å². The van der Waals surface area contributed by atoms with Crippen LogP contribution in [0.25, 0.3) is 0 Å². The number of imidazole rings is 1. The number of anilines is 1. The number of carbonyl (C=O) groups excluding carboxylic acids is 1. The van der Waals surface area contributed by atoms with Gasteiger partial charge in [0, 0.05) is 18.0 Å². The lowest BCUT2D eigenvalue weighted by Crippen LogP contribution is -2.28. The number of halogens is 1. The van der Waals surface area contributed by atoms with Crippen LogP contribution in [0.3, 0.4) is 0 Å². The van der Waals surface area contributed by atoms with E-state index in [1.807, 2.05) is 6.92 Å². The van der Waals surface area contributed by atoms with Crippen LogP contribution in [0.15, 0.2) is 18.6 Å². The predicted octanol–water partition coefficient (Wildman–Crippen LogP) is 2.51. The number of aromatic amines is 1. The Bertz CT molecular complexity index is 652. The number of H-pyrrole nitrogens is 1. The van der Waals surface area contributed by atoms with Crippen LogP contribution in [0.1, 0.15) is 23.5 Å². The molecular formula is C14H15ClN4O. The zero-order chi connectivity index (χ0) is 14.1. The van der Waals surface area contributed by atoms with Crippen molar-refractivity contribution >= 4 is 23.2 Å². The highest BCUT2D eigenvalue weighted by atomic mass is 35.5. The average Bonchev–Trinajstić information content (AvgIpc) is 2.90. The highest BCUT2D eigenvalue weighted by molar-refractivity contribution is 6.31. The minimum absolute atomic E-state index is 0.00645. The molecule has 104 valence electrons. The molecule has 0 fully saturated rings. The maximum atomic E-state index is 12.3. The first-order valence-corrected chi connectivity index (χ1v) is 6.95. The number of aryl methyl sites for hydroxylation is 2. The maximum absolute atomic E-state index is 12.3. The highest BCUT2D eigenvalue weighted by Crippen LogP contribution is 2.25. The lowest BCUT2D eigenvalue weighted by atomic mass is 9.89. The third-order valence-electron chi connectivity index (χ3n) is 3.65. The van der Waals surface area contributed by atoms with E-state index in [4.69, 9.17) is 11.6 Å². The molecule has 2 aromatic heterocycles. The second kappa shape index (κ2) is 5.25. The first kappa shape index (κ1) is 13.1. The van der Waals surface area contributed by atoms with Gasteiger partial charge in [-0.05, 0) is 25.8 Å². The van der Waals surface area contributed by atoms with Crippen molar-refractivity contribution in [2.75, 3.05) is 5.32 Å². The van der Waals surface area contributed by atoms with Crippen LogP contribution in [0, 0.1) is 12.8 Å². The maximum Gasteiger partial charge on any atom is 0.227 e. The molecule has 20 heavy (non-hydrogen) atoms. The quantitative estimate of drug-likeness (QED) is 0.893. The van der Waals surface area contributed by atoms with Crippen molar-refractivity contribution in [3.8, 4) is 0 Å². The summed E-state index contributed by atoms with van der Waals surface area (Å²) in [7, 11) is 0. The van der Waals surface area contributed by atoms with E-state index in [1.165, 1.54) is 0 Å². The van der Waals surface area contributed by atoms with Gasteiger partial charge in [0.25, 0.3) is 0 Å². The number of hydrogen-bond donors (Lipinski definition) is 2. The van der Waals surface area contributed by atoms with E-state index in [9.17, 15) is 4.79 Å². The number of hydrogen-bond acceptors (Lipinski definition) is 3. The Labute approximate surface area is 121 Å². The van der Waals surface area contributed by atoms with E-state index in [-0.39, 0.29) is 11.8 Å². The summed E-state index contributed by atoms with van der Waals surface area (Å²) in [6.07, 6.45) is 5.67. The predicted molar refractivity (Wildman–Crippen MR) is 76.7 cm³/mol. The molecule has 5 nitrogen and oxygen atoms in total. The zero-order valence-corrected chi connectivity index (χ0v) is 11.9. The van der Waals surface area contributed by atoms with Gasteiger partial charge in [-0.15, -0.1) is 0 Å². The number of rotatable bonds is 2. The second-order valence-electron chi connectivity index (χ2n) is 5.05. The van der Waals surface area contributed by atoms with Crippen LogP contribution in [-0.4, -0.2) is 20.9 Å². The molecule has 1 unspecified atom stereocenters. The molecule has 2 heterocycles. The smallest absolute Gasteiger partial charge is 0.227 e. The molecule has 2 aromatic rings. The SMILES string of the molecule is Cc1ncc(NC(=O)C2CCc3nc[nH]c3C2)cc1Cl. The van der Waals surface area contributed by atoms with Gasteiger partial charge in [0.05, 0.1) is 34.6 Å². The number of fused-ring (bicyclic) bond motifs is 1. The standard InChI is InChI=1S/C14H15ClN4O/c1-8-11(15)5-10(6-16-8)19-14(20)9-2-3-12-13(4-9)18-7-17-12/h5-7,9H,2-4H2,1H3,(H,17,18)(H,19,20). The fraction of sp³-hybridized carbons (Fsp3) is 0.357. The Morgan fingerprint density at radius 1 is 1.50 bits per heavy atom. The molecule has 1 amide bonds. The van der Waals surface area contributed by atoms with E-state index in [0.29, 0.717) is 17.1 Å². The topological polar surface area (TPSA) is 70.7 Å². The van der Waals surface area contributed by atoms with Crippen molar-refractivity contribution in [2.24, 2.45) is 5.92 Å². The monoisotopic (exact) mass is 290 g/mol. The molecule has 0 bridgehead atoms. The Hall–Kier alpha value is -1.88. The van der Waals surface area contributed by atoms with Crippen LogP contribution in [0.4, 0.5) is 5.69 Å². The molecule has 0 saturated carbocycles.